The third-order valence-electron chi connectivity index (χ3n) is 2.47. The van der Waals surface area contributed by atoms with Gasteiger partial charge in [-0.05, 0) is 25.9 Å². The van der Waals surface area contributed by atoms with Gasteiger partial charge in [0.2, 0.25) is 0 Å². The molecule has 0 atom stereocenters. The first kappa shape index (κ1) is 14.7. The number of rotatable bonds is 9. The number of hydrogen-bond donors (Lipinski definition) is 3. The third-order valence-corrected chi connectivity index (χ3v) is 2.47. The summed E-state index contributed by atoms with van der Waals surface area (Å²) in [6.45, 7) is 4.41. The highest BCUT2D eigenvalue weighted by Crippen LogP contribution is 2.02. The predicted octanol–water partition coefficient (Wildman–Crippen LogP) is 0.676. The maximum absolute atomic E-state index is 11.6. The molecule has 0 aliphatic carbocycles. The summed E-state index contributed by atoms with van der Waals surface area (Å²) in [7, 11) is 0. The molecule has 1 aromatic heterocycles. The van der Waals surface area contributed by atoms with Gasteiger partial charge in [-0.1, -0.05) is 18.5 Å². The Balaban J connectivity index is 2.10. The smallest absolute Gasteiger partial charge is 0.273 e. The molecule has 0 aliphatic heterocycles. The predicted molar refractivity (Wildman–Crippen MR) is 67.2 cm³/mol. The van der Waals surface area contributed by atoms with Gasteiger partial charge in [-0.2, -0.15) is 0 Å². The van der Waals surface area contributed by atoms with Crippen LogP contribution in [0.1, 0.15) is 42.4 Å². The number of aromatic nitrogens is 1. The van der Waals surface area contributed by atoms with Gasteiger partial charge in [-0.25, -0.2) is 0 Å². The van der Waals surface area contributed by atoms with Crippen LogP contribution >= 0.6 is 0 Å². The van der Waals surface area contributed by atoms with Crippen LogP contribution in [0.4, 0.5) is 0 Å². The lowest BCUT2D eigenvalue weighted by molar-refractivity contribution is 0.0943. The number of carbonyl (C=O) groups excluding carboxylic acids is 1. The van der Waals surface area contributed by atoms with Gasteiger partial charge in [0.15, 0.2) is 11.5 Å². The van der Waals surface area contributed by atoms with Crippen LogP contribution in [-0.2, 0) is 6.61 Å². The fourth-order valence-electron chi connectivity index (χ4n) is 1.43. The highest BCUT2D eigenvalue weighted by molar-refractivity contribution is 5.92. The fraction of sp³-hybridized carbons (Fsp3) is 0.667. The standard InChI is InChI=1S/C12H21N3O3/c1-2-3-5-13-6-4-7-14-12(17)11-8-10(9-16)18-15-11/h8,13,16H,2-7,9H2,1H3,(H,14,17). The van der Waals surface area contributed by atoms with Crippen LogP contribution in [0, 0.1) is 0 Å². The summed E-state index contributed by atoms with van der Waals surface area (Å²) in [6.07, 6.45) is 3.23. The largest absolute Gasteiger partial charge is 0.388 e. The van der Waals surface area contributed by atoms with Gasteiger partial charge in [0.1, 0.15) is 6.61 Å². The molecule has 0 aromatic carbocycles. The Morgan fingerprint density at radius 3 is 2.83 bits per heavy atom. The van der Waals surface area contributed by atoms with E-state index in [1.807, 2.05) is 0 Å². The number of carbonyl (C=O) groups is 1. The number of aliphatic hydroxyl groups excluding tert-OH is 1. The number of amides is 1. The monoisotopic (exact) mass is 255 g/mol. The molecule has 0 saturated heterocycles. The lowest BCUT2D eigenvalue weighted by Crippen LogP contribution is -2.27. The Labute approximate surface area is 107 Å². The lowest BCUT2D eigenvalue weighted by Gasteiger charge is -2.04. The zero-order valence-corrected chi connectivity index (χ0v) is 10.7. The van der Waals surface area contributed by atoms with Gasteiger partial charge < -0.3 is 20.3 Å². The molecule has 6 nitrogen and oxygen atoms in total. The maximum atomic E-state index is 11.6. The van der Waals surface area contributed by atoms with Crippen molar-refractivity contribution in [2.45, 2.75) is 32.8 Å². The molecule has 6 heteroatoms. The first-order chi connectivity index (χ1) is 8.77. The first-order valence-electron chi connectivity index (χ1n) is 6.33. The van der Waals surface area contributed by atoms with E-state index in [0.29, 0.717) is 12.3 Å². The van der Waals surface area contributed by atoms with E-state index in [-0.39, 0.29) is 18.2 Å². The van der Waals surface area contributed by atoms with Crippen molar-refractivity contribution in [3.63, 3.8) is 0 Å². The molecule has 1 aromatic rings. The second-order valence-electron chi connectivity index (χ2n) is 4.05. The van der Waals surface area contributed by atoms with Gasteiger partial charge in [-0.15, -0.1) is 0 Å². The maximum Gasteiger partial charge on any atom is 0.273 e. The molecule has 0 unspecified atom stereocenters. The minimum Gasteiger partial charge on any atom is -0.388 e. The number of hydrogen-bond acceptors (Lipinski definition) is 5. The van der Waals surface area contributed by atoms with E-state index < -0.39 is 0 Å². The summed E-state index contributed by atoms with van der Waals surface area (Å²) in [5.41, 5.74) is 0.206. The van der Waals surface area contributed by atoms with E-state index in [1.54, 1.807) is 0 Å². The van der Waals surface area contributed by atoms with Crippen LogP contribution in [0.5, 0.6) is 0 Å². The molecule has 0 fully saturated rings. The lowest BCUT2D eigenvalue weighted by atomic mass is 10.3. The third kappa shape index (κ3) is 5.29. The summed E-state index contributed by atoms with van der Waals surface area (Å²) in [5, 5.41) is 18.4. The molecule has 1 rings (SSSR count). The minimum atomic E-state index is -0.271. The van der Waals surface area contributed by atoms with Gasteiger partial charge in [0, 0.05) is 12.6 Å². The summed E-state index contributed by atoms with van der Waals surface area (Å²) in [6, 6.07) is 1.44. The molecule has 0 spiro atoms. The Bertz CT molecular complexity index is 352. The van der Waals surface area contributed by atoms with E-state index in [4.69, 9.17) is 9.63 Å². The average molecular weight is 255 g/mol. The van der Waals surface area contributed by atoms with E-state index >= 15 is 0 Å². The Morgan fingerprint density at radius 2 is 2.17 bits per heavy atom. The Hall–Kier alpha value is -1.40. The van der Waals surface area contributed by atoms with Gasteiger partial charge in [0.05, 0.1) is 0 Å². The van der Waals surface area contributed by atoms with Crippen molar-refractivity contribution < 1.29 is 14.4 Å². The molecular formula is C12H21N3O3. The zero-order chi connectivity index (χ0) is 13.2. The number of nitrogens with zero attached hydrogens (tertiary/aromatic N) is 1. The van der Waals surface area contributed by atoms with Crippen LogP contribution in [-0.4, -0.2) is 35.8 Å². The summed E-state index contributed by atoms with van der Waals surface area (Å²) in [4.78, 5) is 11.6. The fourth-order valence-corrected chi connectivity index (χ4v) is 1.43. The second-order valence-corrected chi connectivity index (χ2v) is 4.05. The summed E-state index contributed by atoms with van der Waals surface area (Å²) in [5.74, 6) is 0.0217. The molecule has 0 radical (unpaired) electrons. The molecule has 0 aliphatic rings. The van der Waals surface area contributed by atoms with Crippen molar-refractivity contribution in [2.75, 3.05) is 19.6 Å². The van der Waals surface area contributed by atoms with E-state index in [9.17, 15) is 4.79 Å². The molecule has 1 heterocycles. The quantitative estimate of drug-likeness (QED) is 0.565. The van der Waals surface area contributed by atoms with Crippen LogP contribution in [0.15, 0.2) is 10.6 Å². The van der Waals surface area contributed by atoms with Gasteiger partial charge in [0.25, 0.3) is 5.91 Å². The molecule has 102 valence electrons. The van der Waals surface area contributed by atoms with Crippen molar-refractivity contribution in [1.29, 1.82) is 0 Å². The Kier molecular flexibility index (Phi) is 7.05. The zero-order valence-electron chi connectivity index (χ0n) is 10.7. The number of aliphatic hydroxyl groups is 1. The molecule has 18 heavy (non-hydrogen) atoms. The molecule has 0 saturated carbocycles. The highest BCUT2D eigenvalue weighted by Gasteiger charge is 2.10. The van der Waals surface area contributed by atoms with E-state index in [1.165, 1.54) is 18.9 Å². The summed E-state index contributed by atoms with van der Waals surface area (Å²) >= 11 is 0. The molecule has 3 N–H and O–H groups in total. The van der Waals surface area contributed by atoms with Crippen molar-refractivity contribution in [1.82, 2.24) is 15.8 Å². The van der Waals surface area contributed by atoms with Crippen molar-refractivity contribution in [3.8, 4) is 0 Å². The number of unbranched alkanes of at least 4 members (excludes halogenated alkanes) is 1. The first-order valence-corrected chi connectivity index (χ1v) is 6.33. The van der Waals surface area contributed by atoms with Crippen LogP contribution in [0.2, 0.25) is 0 Å². The summed E-state index contributed by atoms with van der Waals surface area (Å²) < 4.78 is 4.73. The van der Waals surface area contributed by atoms with Gasteiger partial charge in [-0.3, -0.25) is 4.79 Å². The normalized spacial score (nSPS) is 10.6. The SMILES string of the molecule is CCCCNCCCNC(=O)c1cc(CO)on1. The van der Waals surface area contributed by atoms with Crippen molar-refractivity contribution in [2.24, 2.45) is 0 Å². The van der Waals surface area contributed by atoms with Crippen LogP contribution < -0.4 is 10.6 Å². The molecule has 1 amide bonds. The van der Waals surface area contributed by atoms with Crippen molar-refractivity contribution in [3.05, 3.63) is 17.5 Å². The minimum absolute atomic E-state index is 0.206. The van der Waals surface area contributed by atoms with E-state index in [2.05, 4.69) is 22.7 Å². The van der Waals surface area contributed by atoms with E-state index in [0.717, 1.165) is 19.5 Å². The van der Waals surface area contributed by atoms with Crippen molar-refractivity contribution >= 4 is 5.91 Å². The Morgan fingerprint density at radius 1 is 1.39 bits per heavy atom. The topological polar surface area (TPSA) is 87.4 Å². The number of nitrogens with one attached hydrogen (secondary N) is 2. The highest BCUT2D eigenvalue weighted by atomic mass is 16.5. The second kappa shape index (κ2) is 8.66. The molecule has 0 bridgehead atoms. The molecular weight excluding hydrogens is 234 g/mol. The average Bonchev–Trinajstić information content (AvgIpc) is 2.86. The van der Waals surface area contributed by atoms with Gasteiger partial charge >= 0.3 is 0 Å². The van der Waals surface area contributed by atoms with Crippen LogP contribution in [0.25, 0.3) is 0 Å². The van der Waals surface area contributed by atoms with Crippen LogP contribution in [0.3, 0.4) is 0 Å².